The first kappa shape index (κ1) is 10.3. The highest BCUT2D eigenvalue weighted by atomic mass is 19.1. The molecule has 0 bridgehead atoms. The summed E-state index contributed by atoms with van der Waals surface area (Å²) in [6.07, 6.45) is 1.08. The molecule has 3 heteroatoms. The van der Waals surface area contributed by atoms with Gasteiger partial charge >= 0.3 is 0 Å². The van der Waals surface area contributed by atoms with Gasteiger partial charge in [-0.1, -0.05) is 6.92 Å². The van der Waals surface area contributed by atoms with Crippen LogP contribution in [0.5, 0.6) is 0 Å². The number of nitrogens with zero attached hydrogens (tertiary/aromatic N) is 1. The highest BCUT2D eigenvalue weighted by Gasteiger charge is 2.20. The second-order valence-corrected chi connectivity index (χ2v) is 4.04. The molecule has 1 unspecified atom stereocenters. The SMILES string of the molecule is CCC(C)N1CCNc2ccc(F)cc21. The molecule has 0 radical (unpaired) electrons. The Kier molecular flexibility index (Phi) is 2.80. The van der Waals surface area contributed by atoms with Crippen LogP contribution in [0.1, 0.15) is 20.3 Å². The molecule has 82 valence electrons. The lowest BCUT2D eigenvalue weighted by Crippen LogP contribution is -2.40. The molecule has 2 rings (SSSR count). The van der Waals surface area contributed by atoms with Crippen molar-refractivity contribution in [1.82, 2.24) is 0 Å². The molecule has 0 saturated heterocycles. The Labute approximate surface area is 90.1 Å². The van der Waals surface area contributed by atoms with Gasteiger partial charge in [0.1, 0.15) is 5.82 Å². The summed E-state index contributed by atoms with van der Waals surface area (Å²) in [6, 6.07) is 5.41. The monoisotopic (exact) mass is 208 g/mol. The minimum atomic E-state index is -0.161. The van der Waals surface area contributed by atoms with Crippen LogP contribution >= 0.6 is 0 Å². The first-order chi connectivity index (χ1) is 7.22. The predicted molar refractivity (Wildman–Crippen MR) is 62.0 cm³/mol. The number of benzene rings is 1. The van der Waals surface area contributed by atoms with Crippen molar-refractivity contribution in [1.29, 1.82) is 0 Å². The Morgan fingerprint density at radius 3 is 3.07 bits per heavy atom. The molecule has 0 fully saturated rings. The van der Waals surface area contributed by atoms with Crippen LogP contribution in [0.2, 0.25) is 0 Å². The number of hydrogen-bond donors (Lipinski definition) is 1. The van der Waals surface area contributed by atoms with E-state index in [-0.39, 0.29) is 5.82 Å². The molecule has 0 aliphatic carbocycles. The van der Waals surface area contributed by atoms with Crippen molar-refractivity contribution in [2.24, 2.45) is 0 Å². The predicted octanol–water partition coefficient (Wildman–Crippen LogP) is 2.86. The van der Waals surface area contributed by atoms with Crippen molar-refractivity contribution < 1.29 is 4.39 Å². The zero-order valence-corrected chi connectivity index (χ0v) is 9.26. The second-order valence-electron chi connectivity index (χ2n) is 4.04. The highest BCUT2D eigenvalue weighted by Crippen LogP contribution is 2.31. The smallest absolute Gasteiger partial charge is 0.125 e. The third-order valence-corrected chi connectivity index (χ3v) is 3.06. The van der Waals surface area contributed by atoms with Crippen LogP contribution in [0, 0.1) is 5.82 Å². The molecule has 15 heavy (non-hydrogen) atoms. The zero-order valence-electron chi connectivity index (χ0n) is 9.26. The maximum absolute atomic E-state index is 13.2. The van der Waals surface area contributed by atoms with Crippen molar-refractivity contribution in [2.45, 2.75) is 26.3 Å². The van der Waals surface area contributed by atoms with E-state index < -0.39 is 0 Å². The first-order valence-electron chi connectivity index (χ1n) is 5.52. The Morgan fingerprint density at radius 1 is 1.53 bits per heavy atom. The van der Waals surface area contributed by atoms with E-state index in [2.05, 4.69) is 24.1 Å². The second kappa shape index (κ2) is 4.09. The highest BCUT2D eigenvalue weighted by molar-refractivity contribution is 5.72. The lowest BCUT2D eigenvalue weighted by Gasteiger charge is -2.36. The minimum absolute atomic E-state index is 0.161. The van der Waals surface area contributed by atoms with E-state index in [0.29, 0.717) is 6.04 Å². The Morgan fingerprint density at radius 2 is 2.33 bits per heavy atom. The van der Waals surface area contributed by atoms with Gasteiger partial charge in [0.2, 0.25) is 0 Å². The number of rotatable bonds is 2. The fraction of sp³-hybridized carbons (Fsp3) is 0.500. The van der Waals surface area contributed by atoms with Crippen LogP contribution in [0.3, 0.4) is 0 Å². The molecule has 1 aliphatic rings. The van der Waals surface area contributed by atoms with E-state index in [4.69, 9.17) is 0 Å². The molecule has 1 aliphatic heterocycles. The average molecular weight is 208 g/mol. The average Bonchev–Trinajstić information content (AvgIpc) is 2.27. The summed E-state index contributed by atoms with van der Waals surface area (Å²) in [5.74, 6) is -0.161. The molecule has 1 atom stereocenters. The van der Waals surface area contributed by atoms with Crippen molar-refractivity contribution >= 4 is 11.4 Å². The third kappa shape index (κ3) is 1.91. The Bertz CT molecular complexity index is 351. The van der Waals surface area contributed by atoms with Gasteiger partial charge in [-0.2, -0.15) is 0 Å². The van der Waals surface area contributed by atoms with E-state index in [1.54, 1.807) is 6.07 Å². The van der Waals surface area contributed by atoms with Gasteiger partial charge in [-0.25, -0.2) is 4.39 Å². The van der Waals surface area contributed by atoms with Gasteiger partial charge in [-0.05, 0) is 31.5 Å². The fourth-order valence-corrected chi connectivity index (χ4v) is 2.00. The number of hydrogen-bond acceptors (Lipinski definition) is 2. The van der Waals surface area contributed by atoms with Crippen LogP contribution < -0.4 is 10.2 Å². The lowest BCUT2D eigenvalue weighted by atomic mass is 10.1. The van der Waals surface area contributed by atoms with Crippen molar-refractivity contribution in [3.8, 4) is 0 Å². The quantitative estimate of drug-likeness (QED) is 0.804. The normalized spacial score (nSPS) is 16.9. The van der Waals surface area contributed by atoms with Gasteiger partial charge in [0.05, 0.1) is 11.4 Å². The maximum Gasteiger partial charge on any atom is 0.125 e. The molecular weight excluding hydrogens is 191 g/mol. The van der Waals surface area contributed by atoms with Crippen LogP contribution in [-0.4, -0.2) is 19.1 Å². The largest absolute Gasteiger partial charge is 0.382 e. The molecule has 0 aromatic heterocycles. The molecule has 1 aromatic carbocycles. The van der Waals surface area contributed by atoms with Crippen LogP contribution in [0.25, 0.3) is 0 Å². The van der Waals surface area contributed by atoms with E-state index in [9.17, 15) is 4.39 Å². The van der Waals surface area contributed by atoms with Gasteiger partial charge < -0.3 is 10.2 Å². The zero-order chi connectivity index (χ0) is 10.8. The summed E-state index contributed by atoms with van der Waals surface area (Å²) in [5, 5.41) is 3.29. The van der Waals surface area contributed by atoms with Gasteiger partial charge in [-0.3, -0.25) is 0 Å². The van der Waals surface area contributed by atoms with E-state index in [0.717, 1.165) is 30.9 Å². The summed E-state index contributed by atoms with van der Waals surface area (Å²) in [7, 11) is 0. The first-order valence-corrected chi connectivity index (χ1v) is 5.52. The van der Waals surface area contributed by atoms with Crippen molar-refractivity contribution in [3.05, 3.63) is 24.0 Å². The van der Waals surface area contributed by atoms with E-state index in [1.165, 1.54) is 6.07 Å². The van der Waals surface area contributed by atoms with Gasteiger partial charge in [-0.15, -0.1) is 0 Å². The van der Waals surface area contributed by atoms with Crippen molar-refractivity contribution in [2.75, 3.05) is 23.3 Å². The van der Waals surface area contributed by atoms with Gasteiger partial charge in [0.15, 0.2) is 0 Å². The molecule has 0 spiro atoms. The standard InChI is InChI=1S/C12H17FN2/c1-3-9(2)15-7-6-14-11-5-4-10(13)8-12(11)15/h4-5,8-9,14H,3,6-7H2,1-2H3. The fourth-order valence-electron chi connectivity index (χ4n) is 2.00. The number of anilines is 2. The molecule has 2 nitrogen and oxygen atoms in total. The molecule has 1 aromatic rings. The molecule has 0 amide bonds. The van der Waals surface area contributed by atoms with E-state index >= 15 is 0 Å². The number of halogens is 1. The molecular formula is C12H17FN2. The lowest BCUT2D eigenvalue weighted by molar-refractivity contribution is 0.602. The molecule has 0 saturated carbocycles. The van der Waals surface area contributed by atoms with Crippen molar-refractivity contribution in [3.63, 3.8) is 0 Å². The van der Waals surface area contributed by atoms with Crippen LogP contribution in [0.4, 0.5) is 15.8 Å². The topological polar surface area (TPSA) is 15.3 Å². The summed E-state index contributed by atoms with van der Waals surface area (Å²) in [5.41, 5.74) is 2.04. The summed E-state index contributed by atoms with van der Waals surface area (Å²) < 4.78 is 13.2. The Hall–Kier alpha value is -1.25. The Balaban J connectivity index is 2.36. The summed E-state index contributed by atoms with van der Waals surface area (Å²) in [6.45, 7) is 6.22. The van der Waals surface area contributed by atoms with E-state index in [1.807, 2.05) is 6.07 Å². The van der Waals surface area contributed by atoms with Gasteiger partial charge in [0.25, 0.3) is 0 Å². The number of fused-ring (bicyclic) bond motifs is 1. The third-order valence-electron chi connectivity index (χ3n) is 3.06. The summed E-state index contributed by atoms with van der Waals surface area (Å²) in [4.78, 5) is 2.27. The summed E-state index contributed by atoms with van der Waals surface area (Å²) >= 11 is 0. The maximum atomic E-state index is 13.2. The van der Waals surface area contributed by atoms with Gasteiger partial charge in [0, 0.05) is 19.1 Å². The van der Waals surface area contributed by atoms with Crippen LogP contribution in [-0.2, 0) is 0 Å². The van der Waals surface area contributed by atoms with Crippen LogP contribution in [0.15, 0.2) is 18.2 Å². The minimum Gasteiger partial charge on any atom is -0.382 e. The molecule has 1 heterocycles. The molecule has 1 N–H and O–H groups in total. The number of nitrogens with one attached hydrogen (secondary N) is 1.